The number of morpholine rings is 1. The first kappa shape index (κ1) is 16.9. The first-order valence-corrected chi connectivity index (χ1v) is 8.78. The van der Waals surface area contributed by atoms with E-state index in [1.807, 2.05) is 44.2 Å². The summed E-state index contributed by atoms with van der Waals surface area (Å²) in [5.74, 6) is 2.57. The number of rotatable bonds is 4. The molecule has 0 bridgehead atoms. The molecule has 0 aliphatic carbocycles. The van der Waals surface area contributed by atoms with Crippen molar-refractivity contribution in [3.8, 4) is 11.5 Å². The van der Waals surface area contributed by atoms with Crippen LogP contribution in [0.1, 0.15) is 36.3 Å². The van der Waals surface area contributed by atoms with Crippen molar-refractivity contribution in [3.63, 3.8) is 0 Å². The van der Waals surface area contributed by atoms with Crippen molar-refractivity contribution in [2.24, 2.45) is 0 Å². The molecule has 0 radical (unpaired) electrons. The number of benzene rings is 1. The SMILES string of the molecule is Cc1nnc([C@H]2CN(Cc3nc(-c4ccccc4)oc3C)C[C@@H](C)O2)o1. The third-order valence-corrected chi connectivity index (χ3v) is 4.44. The third kappa shape index (κ3) is 3.54. The molecule has 1 saturated heterocycles. The molecular weight excluding hydrogens is 332 g/mol. The standard InChI is InChI=1S/C19H22N4O3/c1-12-9-23(11-17(24-12)19-22-21-14(3)26-19)10-16-13(2)25-18(20-16)15-7-5-4-6-8-15/h4-8,12,17H,9-11H2,1-3H3/t12-,17-/m1/s1. The molecule has 1 aliphatic heterocycles. The van der Waals surface area contributed by atoms with Gasteiger partial charge in [0.2, 0.25) is 17.7 Å². The average molecular weight is 354 g/mol. The van der Waals surface area contributed by atoms with Crippen LogP contribution in [0.4, 0.5) is 0 Å². The molecule has 0 saturated carbocycles. The van der Waals surface area contributed by atoms with E-state index < -0.39 is 0 Å². The molecule has 3 heterocycles. The molecule has 7 nitrogen and oxygen atoms in total. The molecule has 1 aromatic carbocycles. The molecule has 0 unspecified atom stereocenters. The maximum absolute atomic E-state index is 5.98. The molecule has 0 N–H and O–H groups in total. The number of oxazole rings is 1. The zero-order valence-corrected chi connectivity index (χ0v) is 15.2. The summed E-state index contributed by atoms with van der Waals surface area (Å²) < 4.78 is 17.4. The third-order valence-electron chi connectivity index (χ3n) is 4.44. The minimum atomic E-state index is -0.222. The van der Waals surface area contributed by atoms with Gasteiger partial charge in [-0.3, -0.25) is 4.90 Å². The zero-order valence-electron chi connectivity index (χ0n) is 15.2. The summed E-state index contributed by atoms with van der Waals surface area (Å²) in [4.78, 5) is 6.99. The predicted molar refractivity (Wildman–Crippen MR) is 94.3 cm³/mol. The van der Waals surface area contributed by atoms with Crippen molar-refractivity contribution in [2.45, 2.75) is 39.5 Å². The van der Waals surface area contributed by atoms with Gasteiger partial charge in [0.1, 0.15) is 11.9 Å². The van der Waals surface area contributed by atoms with E-state index in [-0.39, 0.29) is 12.2 Å². The van der Waals surface area contributed by atoms with E-state index in [2.05, 4.69) is 15.1 Å². The molecule has 136 valence electrons. The van der Waals surface area contributed by atoms with Gasteiger partial charge in [-0.05, 0) is 26.0 Å². The molecule has 2 atom stereocenters. The van der Waals surface area contributed by atoms with Crippen LogP contribution < -0.4 is 0 Å². The van der Waals surface area contributed by atoms with E-state index in [1.165, 1.54) is 0 Å². The van der Waals surface area contributed by atoms with Crippen LogP contribution in [0, 0.1) is 13.8 Å². The Morgan fingerprint density at radius 1 is 1.08 bits per heavy atom. The van der Waals surface area contributed by atoms with Crippen LogP contribution >= 0.6 is 0 Å². The van der Waals surface area contributed by atoms with Crippen molar-refractivity contribution < 1.29 is 13.6 Å². The monoisotopic (exact) mass is 354 g/mol. The Hall–Kier alpha value is -2.51. The Morgan fingerprint density at radius 3 is 2.62 bits per heavy atom. The van der Waals surface area contributed by atoms with Crippen molar-refractivity contribution in [2.75, 3.05) is 13.1 Å². The highest BCUT2D eigenvalue weighted by atomic mass is 16.5. The Kier molecular flexibility index (Phi) is 4.57. The lowest BCUT2D eigenvalue weighted by Crippen LogP contribution is -2.42. The fourth-order valence-electron chi connectivity index (χ4n) is 3.24. The van der Waals surface area contributed by atoms with Gasteiger partial charge in [-0.15, -0.1) is 10.2 Å². The molecule has 0 spiro atoms. The maximum atomic E-state index is 5.98. The van der Waals surface area contributed by atoms with Crippen molar-refractivity contribution in [3.05, 3.63) is 53.6 Å². The summed E-state index contributed by atoms with van der Waals surface area (Å²) in [5, 5.41) is 8.01. The molecule has 7 heteroatoms. The first-order valence-electron chi connectivity index (χ1n) is 8.78. The number of nitrogens with zero attached hydrogens (tertiary/aromatic N) is 4. The quantitative estimate of drug-likeness (QED) is 0.711. The van der Waals surface area contributed by atoms with E-state index in [4.69, 9.17) is 18.6 Å². The number of aryl methyl sites for hydroxylation is 2. The first-order chi connectivity index (χ1) is 12.6. The molecule has 0 amide bonds. The predicted octanol–water partition coefficient (Wildman–Crippen LogP) is 3.30. The maximum Gasteiger partial charge on any atom is 0.246 e. The summed E-state index contributed by atoms with van der Waals surface area (Å²) in [7, 11) is 0. The molecule has 3 aromatic rings. The van der Waals surface area contributed by atoms with Gasteiger partial charge in [-0.25, -0.2) is 4.98 Å². The fourth-order valence-corrected chi connectivity index (χ4v) is 3.24. The second kappa shape index (κ2) is 7.01. The summed E-state index contributed by atoms with van der Waals surface area (Å²) in [6, 6.07) is 9.94. The smallest absolute Gasteiger partial charge is 0.246 e. The molecule has 4 rings (SSSR count). The highest BCUT2D eigenvalue weighted by molar-refractivity contribution is 5.53. The Morgan fingerprint density at radius 2 is 1.88 bits per heavy atom. The van der Waals surface area contributed by atoms with Crippen LogP contribution in [0.5, 0.6) is 0 Å². The van der Waals surface area contributed by atoms with E-state index >= 15 is 0 Å². The number of hydrogen-bond acceptors (Lipinski definition) is 7. The topological polar surface area (TPSA) is 77.4 Å². The van der Waals surface area contributed by atoms with Crippen molar-refractivity contribution in [1.82, 2.24) is 20.1 Å². The van der Waals surface area contributed by atoms with Gasteiger partial charge in [-0.2, -0.15) is 0 Å². The Balaban J connectivity index is 1.50. The van der Waals surface area contributed by atoms with Crippen LogP contribution in [0.25, 0.3) is 11.5 Å². The van der Waals surface area contributed by atoms with Crippen LogP contribution in [0.3, 0.4) is 0 Å². The number of hydrogen-bond donors (Lipinski definition) is 0. The molecular formula is C19H22N4O3. The Labute approximate surface area is 152 Å². The lowest BCUT2D eigenvalue weighted by molar-refractivity contribution is -0.0920. The van der Waals surface area contributed by atoms with Gasteiger partial charge in [0.15, 0.2) is 0 Å². The lowest BCUT2D eigenvalue weighted by Gasteiger charge is -2.34. The van der Waals surface area contributed by atoms with Crippen molar-refractivity contribution in [1.29, 1.82) is 0 Å². The van der Waals surface area contributed by atoms with Crippen LogP contribution in [0.15, 0.2) is 39.2 Å². The van der Waals surface area contributed by atoms with Crippen molar-refractivity contribution >= 4 is 0 Å². The largest absolute Gasteiger partial charge is 0.441 e. The van der Waals surface area contributed by atoms with Gasteiger partial charge >= 0.3 is 0 Å². The highest BCUT2D eigenvalue weighted by Gasteiger charge is 2.31. The minimum Gasteiger partial charge on any atom is -0.441 e. The van der Waals surface area contributed by atoms with Gasteiger partial charge in [0, 0.05) is 32.1 Å². The molecule has 1 aliphatic rings. The summed E-state index contributed by atoms with van der Waals surface area (Å²) in [6.45, 7) is 7.98. The fraction of sp³-hybridized carbons (Fsp3) is 0.421. The summed E-state index contributed by atoms with van der Waals surface area (Å²) in [5.41, 5.74) is 1.93. The van der Waals surface area contributed by atoms with E-state index in [0.717, 1.165) is 23.6 Å². The summed E-state index contributed by atoms with van der Waals surface area (Å²) in [6.07, 6.45) is -0.150. The van der Waals surface area contributed by atoms with Gasteiger partial charge in [0.25, 0.3) is 0 Å². The van der Waals surface area contributed by atoms with E-state index in [1.54, 1.807) is 6.92 Å². The zero-order chi connectivity index (χ0) is 18.1. The van der Waals surface area contributed by atoms with Crippen LogP contribution in [-0.2, 0) is 11.3 Å². The second-order valence-electron chi connectivity index (χ2n) is 6.68. The normalized spacial score (nSPS) is 21.2. The van der Waals surface area contributed by atoms with E-state index in [0.29, 0.717) is 30.8 Å². The Bertz CT molecular complexity index is 874. The highest BCUT2D eigenvalue weighted by Crippen LogP contribution is 2.27. The van der Waals surface area contributed by atoms with Gasteiger partial charge in [-0.1, -0.05) is 18.2 Å². The molecule has 26 heavy (non-hydrogen) atoms. The van der Waals surface area contributed by atoms with Gasteiger partial charge in [0.05, 0.1) is 11.8 Å². The average Bonchev–Trinajstić information content (AvgIpc) is 3.22. The minimum absolute atomic E-state index is 0.0711. The molecule has 1 fully saturated rings. The molecule has 2 aromatic heterocycles. The second-order valence-corrected chi connectivity index (χ2v) is 6.68. The lowest BCUT2D eigenvalue weighted by atomic mass is 10.2. The van der Waals surface area contributed by atoms with Crippen LogP contribution in [-0.4, -0.2) is 39.3 Å². The number of aromatic nitrogens is 3. The summed E-state index contributed by atoms with van der Waals surface area (Å²) >= 11 is 0. The van der Waals surface area contributed by atoms with E-state index in [9.17, 15) is 0 Å². The van der Waals surface area contributed by atoms with Crippen LogP contribution in [0.2, 0.25) is 0 Å². The van der Waals surface area contributed by atoms with Gasteiger partial charge < -0.3 is 13.6 Å². The number of ether oxygens (including phenoxy) is 1.